The Kier molecular flexibility index (Phi) is 5.28. The van der Waals surface area contributed by atoms with Crippen molar-refractivity contribution in [2.75, 3.05) is 0 Å². The molecule has 0 aliphatic heterocycles. The summed E-state index contributed by atoms with van der Waals surface area (Å²) in [6.07, 6.45) is 3.94. The molecule has 0 spiro atoms. The topological polar surface area (TPSA) is 29.1 Å². The van der Waals surface area contributed by atoms with E-state index in [2.05, 4.69) is 26.1 Å². The molecule has 1 rings (SSSR count). The lowest BCUT2D eigenvalue weighted by atomic mass is 9.88. The molecule has 1 aromatic carbocycles. The molecule has 104 valence electrons. The van der Waals surface area contributed by atoms with Crippen LogP contribution in [0.4, 0.5) is 4.39 Å². The third-order valence-corrected chi connectivity index (χ3v) is 3.16. The molecular formula is C16H22FNO. The Balaban J connectivity index is 2.44. The van der Waals surface area contributed by atoms with Gasteiger partial charge in [0.2, 0.25) is 5.91 Å². The van der Waals surface area contributed by atoms with Crippen molar-refractivity contribution in [1.82, 2.24) is 5.32 Å². The minimum atomic E-state index is -0.256. The van der Waals surface area contributed by atoms with Gasteiger partial charge in [0, 0.05) is 12.5 Å². The molecule has 0 bridgehead atoms. The zero-order chi connectivity index (χ0) is 14.5. The Labute approximate surface area is 114 Å². The van der Waals surface area contributed by atoms with Gasteiger partial charge in [-0.25, -0.2) is 4.39 Å². The minimum absolute atomic E-state index is 0.000728. The molecule has 1 atom stereocenters. The van der Waals surface area contributed by atoms with Crippen molar-refractivity contribution >= 4 is 12.0 Å². The van der Waals surface area contributed by atoms with E-state index in [0.717, 1.165) is 5.56 Å². The number of carbonyl (C=O) groups excluding carboxylic acids is 1. The number of nitrogens with one attached hydrogen (secondary N) is 1. The van der Waals surface area contributed by atoms with Crippen LogP contribution in [0.3, 0.4) is 0 Å². The van der Waals surface area contributed by atoms with Crippen molar-refractivity contribution in [1.29, 1.82) is 0 Å². The first-order valence-corrected chi connectivity index (χ1v) is 6.50. The van der Waals surface area contributed by atoms with Crippen molar-refractivity contribution in [3.8, 4) is 0 Å². The van der Waals surface area contributed by atoms with Crippen LogP contribution in [0.5, 0.6) is 0 Å². The normalized spacial score (nSPS) is 13.5. The van der Waals surface area contributed by atoms with Crippen LogP contribution >= 0.6 is 0 Å². The summed E-state index contributed by atoms with van der Waals surface area (Å²) < 4.78 is 12.7. The van der Waals surface area contributed by atoms with Crippen LogP contribution in [-0.4, -0.2) is 11.9 Å². The Hall–Kier alpha value is -1.64. The molecule has 0 aliphatic rings. The van der Waals surface area contributed by atoms with Crippen LogP contribution in [-0.2, 0) is 4.79 Å². The zero-order valence-electron chi connectivity index (χ0n) is 12.0. The Bertz CT molecular complexity index is 443. The smallest absolute Gasteiger partial charge is 0.224 e. The summed E-state index contributed by atoms with van der Waals surface area (Å²) >= 11 is 0. The summed E-state index contributed by atoms with van der Waals surface area (Å²) in [5.74, 6) is -0.255. The standard InChI is InChI=1S/C16H22FNO/c1-12(16(2,3)4)18-15(19)7-5-6-13-8-10-14(17)11-9-13/h5-6,8-12H,7H2,1-4H3,(H,18,19). The van der Waals surface area contributed by atoms with E-state index in [0.29, 0.717) is 6.42 Å². The number of benzene rings is 1. The number of carbonyl (C=O) groups is 1. The van der Waals surface area contributed by atoms with Gasteiger partial charge in [-0.1, -0.05) is 45.1 Å². The lowest BCUT2D eigenvalue weighted by molar-refractivity contribution is -0.121. The van der Waals surface area contributed by atoms with E-state index in [-0.39, 0.29) is 23.2 Å². The summed E-state index contributed by atoms with van der Waals surface area (Å²) in [5, 5.41) is 2.97. The first-order valence-electron chi connectivity index (χ1n) is 6.50. The van der Waals surface area contributed by atoms with Gasteiger partial charge in [0.15, 0.2) is 0 Å². The van der Waals surface area contributed by atoms with Crippen LogP contribution in [0.15, 0.2) is 30.3 Å². The minimum Gasteiger partial charge on any atom is -0.353 e. The Morgan fingerprint density at radius 2 is 1.89 bits per heavy atom. The zero-order valence-corrected chi connectivity index (χ0v) is 12.0. The summed E-state index contributed by atoms with van der Waals surface area (Å²) in [4.78, 5) is 11.7. The first-order chi connectivity index (χ1) is 8.79. The largest absolute Gasteiger partial charge is 0.353 e. The highest BCUT2D eigenvalue weighted by Gasteiger charge is 2.20. The van der Waals surface area contributed by atoms with E-state index in [1.54, 1.807) is 18.2 Å². The van der Waals surface area contributed by atoms with Crippen LogP contribution in [0, 0.1) is 11.2 Å². The predicted molar refractivity (Wildman–Crippen MR) is 77.1 cm³/mol. The monoisotopic (exact) mass is 263 g/mol. The lowest BCUT2D eigenvalue weighted by Gasteiger charge is -2.27. The second kappa shape index (κ2) is 6.50. The molecule has 0 aliphatic carbocycles. The molecule has 0 heterocycles. The van der Waals surface area contributed by atoms with Crippen molar-refractivity contribution in [2.24, 2.45) is 5.41 Å². The van der Waals surface area contributed by atoms with Gasteiger partial charge in [0.05, 0.1) is 0 Å². The number of hydrogen-bond acceptors (Lipinski definition) is 1. The molecule has 1 amide bonds. The number of hydrogen-bond donors (Lipinski definition) is 1. The molecule has 0 radical (unpaired) electrons. The van der Waals surface area contributed by atoms with Crippen LogP contribution in [0.2, 0.25) is 0 Å². The van der Waals surface area contributed by atoms with E-state index in [9.17, 15) is 9.18 Å². The van der Waals surface area contributed by atoms with Crippen LogP contribution < -0.4 is 5.32 Å². The van der Waals surface area contributed by atoms with Gasteiger partial charge in [-0.15, -0.1) is 0 Å². The van der Waals surface area contributed by atoms with Crippen LogP contribution in [0.25, 0.3) is 6.08 Å². The second-order valence-corrected chi connectivity index (χ2v) is 5.81. The maximum atomic E-state index is 12.7. The second-order valence-electron chi connectivity index (χ2n) is 5.81. The van der Waals surface area contributed by atoms with Crippen molar-refractivity contribution in [3.63, 3.8) is 0 Å². The Morgan fingerprint density at radius 3 is 2.42 bits per heavy atom. The molecule has 3 heteroatoms. The molecule has 0 saturated carbocycles. The maximum Gasteiger partial charge on any atom is 0.224 e. The van der Waals surface area contributed by atoms with E-state index >= 15 is 0 Å². The van der Waals surface area contributed by atoms with E-state index in [1.807, 2.05) is 13.0 Å². The summed E-state index contributed by atoms with van der Waals surface area (Å²) in [6.45, 7) is 8.27. The predicted octanol–water partition coefficient (Wildman–Crippen LogP) is 3.78. The van der Waals surface area contributed by atoms with Crippen molar-refractivity contribution in [3.05, 3.63) is 41.7 Å². The fourth-order valence-corrected chi connectivity index (χ4v) is 1.39. The number of halogens is 1. The molecule has 1 aromatic rings. The lowest BCUT2D eigenvalue weighted by Crippen LogP contribution is -2.41. The highest BCUT2D eigenvalue weighted by atomic mass is 19.1. The quantitative estimate of drug-likeness (QED) is 0.880. The SMILES string of the molecule is CC(NC(=O)CC=Cc1ccc(F)cc1)C(C)(C)C. The fourth-order valence-electron chi connectivity index (χ4n) is 1.39. The van der Waals surface area contributed by atoms with E-state index in [4.69, 9.17) is 0 Å². The van der Waals surface area contributed by atoms with Gasteiger partial charge >= 0.3 is 0 Å². The van der Waals surface area contributed by atoms with Gasteiger partial charge in [-0.3, -0.25) is 4.79 Å². The molecule has 0 fully saturated rings. The highest BCUT2D eigenvalue weighted by molar-refractivity contribution is 5.78. The van der Waals surface area contributed by atoms with Crippen LogP contribution in [0.1, 0.15) is 39.7 Å². The average Bonchev–Trinajstić information content (AvgIpc) is 2.30. The fraction of sp³-hybridized carbons (Fsp3) is 0.438. The molecule has 0 saturated heterocycles. The maximum absolute atomic E-state index is 12.7. The van der Waals surface area contributed by atoms with E-state index in [1.165, 1.54) is 12.1 Å². The first kappa shape index (κ1) is 15.4. The molecule has 0 aromatic heterocycles. The number of rotatable bonds is 4. The molecule has 2 nitrogen and oxygen atoms in total. The summed E-state index contributed by atoms with van der Waals surface area (Å²) in [6, 6.07) is 6.30. The van der Waals surface area contributed by atoms with Gasteiger partial charge in [-0.2, -0.15) is 0 Å². The molecule has 19 heavy (non-hydrogen) atoms. The third-order valence-electron chi connectivity index (χ3n) is 3.16. The molecule has 1 unspecified atom stereocenters. The number of amides is 1. The van der Waals surface area contributed by atoms with Gasteiger partial charge in [0.1, 0.15) is 5.82 Å². The van der Waals surface area contributed by atoms with Gasteiger partial charge < -0.3 is 5.32 Å². The van der Waals surface area contributed by atoms with E-state index < -0.39 is 0 Å². The van der Waals surface area contributed by atoms with Crippen molar-refractivity contribution in [2.45, 2.75) is 40.2 Å². The average molecular weight is 263 g/mol. The van der Waals surface area contributed by atoms with Crippen molar-refractivity contribution < 1.29 is 9.18 Å². The summed E-state index contributed by atoms with van der Waals surface area (Å²) in [7, 11) is 0. The summed E-state index contributed by atoms with van der Waals surface area (Å²) in [5.41, 5.74) is 0.939. The van der Waals surface area contributed by atoms with Gasteiger partial charge in [0.25, 0.3) is 0 Å². The molecule has 1 N–H and O–H groups in total. The Morgan fingerprint density at radius 1 is 1.32 bits per heavy atom. The molecular weight excluding hydrogens is 241 g/mol. The highest BCUT2D eigenvalue weighted by Crippen LogP contribution is 2.18. The third kappa shape index (κ3) is 5.69. The van der Waals surface area contributed by atoms with Gasteiger partial charge in [-0.05, 0) is 30.0 Å².